The van der Waals surface area contributed by atoms with E-state index in [2.05, 4.69) is 0 Å². The fourth-order valence-corrected chi connectivity index (χ4v) is 6.78. The van der Waals surface area contributed by atoms with Crippen molar-refractivity contribution in [1.29, 1.82) is 0 Å². The van der Waals surface area contributed by atoms with Gasteiger partial charge in [0.15, 0.2) is 0 Å². The van der Waals surface area contributed by atoms with Gasteiger partial charge in [0.05, 0.1) is 12.8 Å². The first-order valence-corrected chi connectivity index (χ1v) is 12.4. The highest BCUT2D eigenvalue weighted by molar-refractivity contribution is 7.89. The number of para-hydroxylation sites is 1. The number of benzene rings is 2. The Morgan fingerprint density at radius 3 is 2.53 bits per heavy atom. The maximum Gasteiger partial charge on any atom is 0.258 e. The van der Waals surface area contributed by atoms with Gasteiger partial charge in [-0.05, 0) is 60.9 Å². The van der Waals surface area contributed by atoms with E-state index in [0.29, 0.717) is 32.5 Å². The molecule has 8 heteroatoms. The second kappa shape index (κ2) is 8.83. The SMILES string of the molecule is COc1ccc(C(=O)N2CCCc3cccc(F)c32)cc1S(=O)(=O)N1CC(C)CC(C)C1. The van der Waals surface area contributed by atoms with E-state index in [1.54, 1.807) is 6.07 Å². The van der Waals surface area contributed by atoms with E-state index in [1.165, 1.54) is 40.6 Å². The molecule has 0 aliphatic carbocycles. The summed E-state index contributed by atoms with van der Waals surface area (Å²) in [5.74, 6) is -0.185. The largest absolute Gasteiger partial charge is 0.495 e. The summed E-state index contributed by atoms with van der Waals surface area (Å²) in [6.45, 7) is 5.31. The molecule has 0 aromatic heterocycles. The van der Waals surface area contributed by atoms with Crippen LogP contribution in [0.5, 0.6) is 5.75 Å². The summed E-state index contributed by atoms with van der Waals surface area (Å²) >= 11 is 0. The van der Waals surface area contributed by atoms with Crippen molar-refractivity contribution in [2.45, 2.75) is 38.0 Å². The third kappa shape index (κ3) is 4.13. The Balaban J connectivity index is 1.73. The first-order chi connectivity index (χ1) is 15.2. The molecule has 0 bridgehead atoms. The third-order valence-electron chi connectivity index (χ3n) is 6.28. The molecule has 32 heavy (non-hydrogen) atoms. The van der Waals surface area contributed by atoms with Gasteiger partial charge in [0.1, 0.15) is 16.5 Å². The van der Waals surface area contributed by atoms with Crippen LogP contribution in [0.1, 0.15) is 42.6 Å². The lowest BCUT2D eigenvalue weighted by Crippen LogP contribution is -2.42. The molecule has 1 amide bonds. The monoisotopic (exact) mass is 460 g/mol. The summed E-state index contributed by atoms with van der Waals surface area (Å²) in [6, 6.07) is 9.21. The molecule has 4 rings (SSSR count). The van der Waals surface area contributed by atoms with Crippen LogP contribution in [0.4, 0.5) is 10.1 Å². The predicted octanol–water partition coefficient (Wildman–Crippen LogP) is 4.09. The molecule has 6 nitrogen and oxygen atoms in total. The zero-order valence-electron chi connectivity index (χ0n) is 18.7. The smallest absolute Gasteiger partial charge is 0.258 e. The second-order valence-electron chi connectivity index (χ2n) is 8.94. The Labute approximate surface area is 189 Å². The van der Waals surface area contributed by atoms with Gasteiger partial charge < -0.3 is 9.64 Å². The van der Waals surface area contributed by atoms with E-state index >= 15 is 0 Å². The summed E-state index contributed by atoms with van der Waals surface area (Å²) in [7, 11) is -2.45. The predicted molar refractivity (Wildman–Crippen MR) is 121 cm³/mol. The van der Waals surface area contributed by atoms with Crippen molar-refractivity contribution in [3.8, 4) is 5.75 Å². The molecule has 1 saturated heterocycles. The summed E-state index contributed by atoms with van der Waals surface area (Å²) in [6.07, 6.45) is 2.39. The van der Waals surface area contributed by atoms with Gasteiger partial charge in [-0.2, -0.15) is 4.31 Å². The van der Waals surface area contributed by atoms with E-state index in [0.717, 1.165) is 12.0 Å². The highest BCUT2D eigenvalue weighted by Crippen LogP contribution is 2.34. The van der Waals surface area contributed by atoms with E-state index in [-0.39, 0.29) is 33.7 Å². The summed E-state index contributed by atoms with van der Waals surface area (Å²) < 4.78 is 48.5. The molecule has 0 N–H and O–H groups in total. The fourth-order valence-electron chi connectivity index (χ4n) is 4.91. The fraction of sp³-hybridized carbons (Fsp3) is 0.458. The number of sulfonamides is 1. The average Bonchev–Trinajstić information content (AvgIpc) is 2.77. The molecule has 2 atom stereocenters. The number of piperidine rings is 1. The van der Waals surface area contributed by atoms with Crippen LogP contribution in [0.3, 0.4) is 0 Å². The van der Waals surface area contributed by atoms with Crippen molar-refractivity contribution in [3.63, 3.8) is 0 Å². The molecular formula is C24H29FN2O4S. The number of aryl methyl sites for hydroxylation is 1. The van der Waals surface area contributed by atoms with Crippen LogP contribution in [0, 0.1) is 17.7 Å². The maximum absolute atomic E-state index is 14.6. The van der Waals surface area contributed by atoms with Gasteiger partial charge >= 0.3 is 0 Å². The molecule has 0 saturated carbocycles. The van der Waals surface area contributed by atoms with E-state index < -0.39 is 21.7 Å². The molecule has 172 valence electrons. The van der Waals surface area contributed by atoms with E-state index in [1.807, 2.05) is 19.9 Å². The molecule has 2 heterocycles. The molecule has 2 unspecified atom stereocenters. The number of methoxy groups -OCH3 is 1. The van der Waals surface area contributed by atoms with Gasteiger partial charge in [-0.15, -0.1) is 0 Å². The molecule has 0 spiro atoms. The molecule has 2 aliphatic rings. The molecule has 2 aromatic carbocycles. The number of carbonyl (C=O) groups excluding carboxylic acids is 1. The van der Waals surface area contributed by atoms with Crippen LogP contribution in [-0.4, -0.2) is 45.4 Å². The van der Waals surface area contributed by atoms with Crippen molar-refractivity contribution in [3.05, 3.63) is 53.3 Å². The lowest BCUT2D eigenvalue weighted by atomic mass is 9.94. The van der Waals surface area contributed by atoms with Crippen molar-refractivity contribution in [2.75, 3.05) is 31.6 Å². The van der Waals surface area contributed by atoms with Crippen LogP contribution in [-0.2, 0) is 16.4 Å². The third-order valence-corrected chi connectivity index (χ3v) is 8.13. The quantitative estimate of drug-likeness (QED) is 0.689. The topological polar surface area (TPSA) is 66.9 Å². The average molecular weight is 461 g/mol. The van der Waals surface area contributed by atoms with Crippen molar-refractivity contribution in [1.82, 2.24) is 4.31 Å². The zero-order valence-corrected chi connectivity index (χ0v) is 19.5. The standard InChI is InChI=1S/C24H29FN2O4S/c1-16-12-17(2)15-26(14-16)32(29,30)22-13-19(9-10-21(22)31-3)24(28)27-11-5-7-18-6-4-8-20(25)23(18)27/h4,6,8-10,13,16-17H,5,7,11-12,14-15H2,1-3H3. The normalized spacial score (nSPS) is 21.8. The number of ether oxygens (including phenoxy) is 1. The van der Waals surface area contributed by atoms with Crippen molar-refractivity contribution >= 4 is 21.6 Å². The van der Waals surface area contributed by atoms with Gasteiger partial charge in [0, 0.05) is 25.2 Å². The van der Waals surface area contributed by atoms with Crippen LogP contribution >= 0.6 is 0 Å². The maximum atomic E-state index is 14.6. The Morgan fingerprint density at radius 1 is 1.12 bits per heavy atom. The highest BCUT2D eigenvalue weighted by Gasteiger charge is 2.35. The van der Waals surface area contributed by atoms with Crippen LogP contribution in [0.15, 0.2) is 41.3 Å². The molecular weight excluding hydrogens is 431 g/mol. The van der Waals surface area contributed by atoms with Crippen molar-refractivity contribution < 1.29 is 22.3 Å². The van der Waals surface area contributed by atoms with Gasteiger partial charge in [0.25, 0.3) is 5.91 Å². The summed E-state index contributed by atoms with van der Waals surface area (Å²) in [4.78, 5) is 14.8. The van der Waals surface area contributed by atoms with E-state index in [4.69, 9.17) is 4.74 Å². The Morgan fingerprint density at radius 2 is 1.84 bits per heavy atom. The molecule has 2 aromatic rings. The minimum Gasteiger partial charge on any atom is -0.495 e. The number of hydrogen-bond acceptors (Lipinski definition) is 4. The number of fused-ring (bicyclic) bond motifs is 1. The molecule has 1 fully saturated rings. The number of nitrogens with zero attached hydrogens (tertiary/aromatic N) is 2. The van der Waals surface area contributed by atoms with Gasteiger partial charge in [-0.25, -0.2) is 12.8 Å². The van der Waals surface area contributed by atoms with Gasteiger partial charge in [0.2, 0.25) is 10.0 Å². The summed E-state index contributed by atoms with van der Waals surface area (Å²) in [5, 5.41) is 0. The Hall–Kier alpha value is -2.45. The first kappa shape index (κ1) is 22.7. The lowest BCUT2D eigenvalue weighted by Gasteiger charge is -2.34. The lowest BCUT2D eigenvalue weighted by molar-refractivity contribution is 0.0984. The summed E-state index contributed by atoms with van der Waals surface area (Å²) in [5.41, 5.74) is 1.25. The highest BCUT2D eigenvalue weighted by atomic mass is 32.2. The molecule has 0 radical (unpaired) electrons. The number of hydrogen-bond donors (Lipinski definition) is 0. The second-order valence-corrected chi connectivity index (χ2v) is 10.8. The van der Waals surface area contributed by atoms with Crippen LogP contribution in [0.2, 0.25) is 0 Å². The van der Waals surface area contributed by atoms with E-state index in [9.17, 15) is 17.6 Å². The van der Waals surface area contributed by atoms with Gasteiger partial charge in [-0.3, -0.25) is 4.79 Å². The Kier molecular flexibility index (Phi) is 6.27. The number of amides is 1. The number of carbonyl (C=O) groups is 1. The van der Waals surface area contributed by atoms with Gasteiger partial charge in [-0.1, -0.05) is 26.0 Å². The zero-order chi connectivity index (χ0) is 23.0. The minimum absolute atomic E-state index is 0.0297. The Bertz CT molecular complexity index is 1120. The van der Waals surface area contributed by atoms with Crippen LogP contribution < -0.4 is 9.64 Å². The number of halogens is 1. The minimum atomic E-state index is -3.86. The number of rotatable bonds is 4. The number of anilines is 1. The van der Waals surface area contributed by atoms with Crippen LogP contribution in [0.25, 0.3) is 0 Å². The van der Waals surface area contributed by atoms with Crippen molar-refractivity contribution in [2.24, 2.45) is 11.8 Å². The molecule has 2 aliphatic heterocycles. The first-order valence-electron chi connectivity index (χ1n) is 11.0.